The van der Waals surface area contributed by atoms with E-state index in [-0.39, 0.29) is 6.23 Å². The van der Waals surface area contributed by atoms with Gasteiger partial charge in [-0.2, -0.15) is 4.98 Å². The van der Waals surface area contributed by atoms with Crippen molar-refractivity contribution >= 4 is 44.7 Å². The van der Waals surface area contributed by atoms with Crippen molar-refractivity contribution in [1.29, 1.82) is 0 Å². The fraction of sp³-hybridized carbons (Fsp3) is 0.118. The average Bonchev–Trinajstić information content (AvgIpc) is 2.99. The molecule has 0 aliphatic carbocycles. The summed E-state index contributed by atoms with van der Waals surface area (Å²) in [7, 11) is 0. The Morgan fingerprint density at radius 3 is 2.96 bits per heavy atom. The Morgan fingerprint density at radius 1 is 1.28 bits per heavy atom. The smallest absolute Gasteiger partial charge is 0.247 e. The van der Waals surface area contributed by atoms with E-state index in [1.54, 1.807) is 11.3 Å². The first kappa shape index (κ1) is 16.6. The third kappa shape index (κ3) is 3.42. The molecule has 0 radical (unpaired) electrons. The van der Waals surface area contributed by atoms with Crippen molar-refractivity contribution < 1.29 is 4.74 Å². The van der Waals surface area contributed by atoms with E-state index < -0.39 is 0 Å². The molecule has 1 aliphatic rings. The fourth-order valence-electron chi connectivity index (χ4n) is 2.44. The summed E-state index contributed by atoms with van der Waals surface area (Å²) in [5, 5.41) is 12.6. The molecule has 0 bridgehead atoms. The molecular weight excluding hydrogens is 420 g/mol. The average molecular weight is 433 g/mol. The molecule has 1 aliphatic heterocycles. The summed E-state index contributed by atoms with van der Waals surface area (Å²) in [6.07, 6.45) is 1.47. The zero-order valence-electron chi connectivity index (χ0n) is 13.0. The quantitative estimate of drug-likeness (QED) is 0.454. The van der Waals surface area contributed by atoms with Crippen LogP contribution < -0.4 is 10.1 Å². The van der Waals surface area contributed by atoms with Crippen LogP contribution in [0.3, 0.4) is 0 Å². The van der Waals surface area contributed by atoms with E-state index in [2.05, 4.69) is 43.0 Å². The molecule has 0 saturated carbocycles. The highest BCUT2D eigenvalue weighted by Gasteiger charge is 2.26. The van der Waals surface area contributed by atoms with Crippen LogP contribution in [0, 0.1) is 0 Å². The summed E-state index contributed by atoms with van der Waals surface area (Å²) in [6.45, 7) is 3.72. The van der Waals surface area contributed by atoms with Gasteiger partial charge in [0, 0.05) is 17.0 Å². The summed E-state index contributed by atoms with van der Waals surface area (Å²) < 4.78 is 7.23. The normalized spacial score (nSPS) is 15.3. The molecule has 1 N–H and O–H groups in total. The highest BCUT2D eigenvalue weighted by molar-refractivity contribution is 9.11. The molecule has 1 unspecified atom stereocenters. The SMILES string of the molecule is C=CCSc1nnc2c(n1)OC(c1ccc(Br)s1)Nc1ccccc1-2. The molecule has 126 valence electrons. The van der Waals surface area contributed by atoms with Gasteiger partial charge in [0.05, 0.1) is 8.66 Å². The third-order valence-corrected chi connectivity index (χ3v) is 6.02. The summed E-state index contributed by atoms with van der Waals surface area (Å²) in [5.74, 6) is 1.20. The summed E-state index contributed by atoms with van der Waals surface area (Å²) in [6, 6.07) is 12.0. The van der Waals surface area contributed by atoms with Crippen molar-refractivity contribution in [3.8, 4) is 17.1 Å². The lowest BCUT2D eigenvalue weighted by Gasteiger charge is -2.17. The predicted molar refractivity (Wildman–Crippen MR) is 105 cm³/mol. The van der Waals surface area contributed by atoms with Gasteiger partial charge in [0.15, 0.2) is 5.69 Å². The zero-order valence-corrected chi connectivity index (χ0v) is 16.2. The number of para-hydroxylation sites is 1. The molecule has 25 heavy (non-hydrogen) atoms. The van der Waals surface area contributed by atoms with Crippen LogP contribution in [0.2, 0.25) is 0 Å². The number of nitrogens with one attached hydrogen (secondary N) is 1. The van der Waals surface area contributed by atoms with E-state index in [0.29, 0.717) is 16.7 Å². The number of benzene rings is 1. The van der Waals surface area contributed by atoms with E-state index in [1.807, 2.05) is 42.5 Å². The van der Waals surface area contributed by atoms with Gasteiger partial charge < -0.3 is 10.1 Å². The molecule has 3 aromatic rings. The second kappa shape index (κ2) is 7.15. The predicted octanol–water partition coefficient (Wildman–Crippen LogP) is 5.14. The second-order valence-corrected chi connectivity index (χ2v) is 8.66. The Morgan fingerprint density at radius 2 is 2.16 bits per heavy atom. The van der Waals surface area contributed by atoms with Gasteiger partial charge in [-0.1, -0.05) is 36.0 Å². The van der Waals surface area contributed by atoms with Gasteiger partial charge in [0.2, 0.25) is 17.3 Å². The maximum absolute atomic E-state index is 6.19. The van der Waals surface area contributed by atoms with Crippen LogP contribution in [0.15, 0.2) is 58.0 Å². The van der Waals surface area contributed by atoms with Gasteiger partial charge in [0.25, 0.3) is 0 Å². The summed E-state index contributed by atoms with van der Waals surface area (Å²) >= 11 is 6.60. The molecule has 0 amide bonds. The van der Waals surface area contributed by atoms with E-state index in [0.717, 1.165) is 25.7 Å². The van der Waals surface area contributed by atoms with Gasteiger partial charge in [-0.3, -0.25) is 0 Å². The Hall–Kier alpha value is -1.90. The minimum absolute atomic E-state index is 0.340. The highest BCUT2D eigenvalue weighted by atomic mass is 79.9. The Balaban J connectivity index is 1.80. The molecule has 1 atom stereocenters. The number of rotatable bonds is 4. The van der Waals surface area contributed by atoms with Crippen LogP contribution in [-0.4, -0.2) is 20.9 Å². The van der Waals surface area contributed by atoms with Gasteiger partial charge in [-0.25, -0.2) is 0 Å². The van der Waals surface area contributed by atoms with Crippen molar-refractivity contribution in [3.05, 3.63) is 57.7 Å². The fourth-order valence-corrected chi connectivity index (χ4v) is 4.36. The molecule has 3 heterocycles. The van der Waals surface area contributed by atoms with Crippen LogP contribution in [0.1, 0.15) is 11.1 Å². The lowest BCUT2D eigenvalue weighted by Crippen LogP contribution is -2.15. The van der Waals surface area contributed by atoms with E-state index in [1.165, 1.54) is 11.8 Å². The number of halogens is 1. The number of hydrogen-bond acceptors (Lipinski definition) is 7. The highest BCUT2D eigenvalue weighted by Crippen LogP contribution is 2.41. The van der Waals surface area contributed by atoms with E-state index >= 15 is 0 Å². The van der Waals surface area contributed by atoms with Crippen LogP contribution in [-0.2, 0) is 0 Å². The maximum Gasteiger partial charge on any atom is 0.247 e. The number of ether oxygens (including phenoxy) is 1. The summed E-state index contributed by atoms with van der Waals surface area (Å²) in [4.78, 5) is 5.61. The molecular formula is C17H13BrN4OS2. The van der Waals surface area contributed by atoms with E-state index in [4.69, 9.17) is 4.74 Å². The van der Waals surface area contributed by atoms with Crippen LogP contribution >= 0.6 is 39.0 Å². The minimum atomic E-state index is -0.340. The van der Waals surface area contributed by atoms with Crippen molar-refractivity contribution in [2.45, 2.75) is 11.4 Å². The standard InChI is InChI=1S/C17H13BrN4OS2/c1-2-9-24-17-20-16-14(21-22-17)10-5-3-4-6-11(10)19-15(23-16)12-7-8-13(18)25-12/h2-8,15,19H,1,9H2. The van der Waals surface area contributed by atoms with Crippen molar-refractivity contribution in [3.63, 3.8) is 0 Å². The van der Waals surface area contributed by atoms with Crippen molar-refractivity contribution in [1.82, 2.24) is 15.2 Å². The first-order chi connectivity index (χ1) is 12.2. The van der Waals surface area contributed by atoms with Gasteiger partial charge in [0.1, 0.15) is 0 Å². The van der Waals surface area contributed by atoms with E-state index in [9.17, 15) is 0 Å². The lowest BCUT2D eigenvalue weighted by molar-refractivity contribution is 0.229. The Labute approximate surface area is 161 Å². The molecule has 1 aromatic carbocycles. The number of nitrogens with zero attached hydrogens (tertiary/aromatic N) is 3. The third-order valence-electron chi connectivity index (χ3n) is 3.52. The topological polar surface area (TPSA) is 59.9 Å². The molecule has 2 aromatic heterocycles. The Bertz CT molecular complexity index is 931. The lowest BCUT2D eigenvalue weighted by atomic mass is 10.1. The summed E-state index contributed by atoms with van der Waals surface area (Å²) in [5.41, 5.74) is 2.51. The Kier molecular flexibility index (Phi) is 4.74. The van der Waals surface area contributed by atoms with Crippen LogP contribution in [0.5, 0.6) is 5.88 Å². The molecule has 0 fully saturated rings. The number of hydrogen-bond donors (Lipinski definition) is 1. The van der Waals surface area contributed by atoms with Crippen LogP contribution in [0.4, 0.5) is 5.69 Å². The molecule has 0 saturated heterocycles. The molecule has 5 nitrogen and oxygen atoms in total. The van der Waals surface area contributed by atoms with Gasteiger partial charge in [-0.15, -0.1) is 28.1 Å². The first-order valence-electron chi connectivity index (χ1n) is 7.51. The maximum atomic E-state index is 6.19. The van der Waals surface area contributed by atoms with Gasteiger partial charge in [-0.05, 0) is 34.1 Å². The van der Waals surface area contributed by atoms with Gasteiger partial charge >= 0.3 is 0 Å². The van der Waals surface area contributed by atoms with Crippen molar-refractivity contribution in [2.24, 2.45) is 0 Å². The number of thiophene rings is 1. The molecule has 4 rings (SSSR count). The van der Waals surface area contributed by atoms with Crippen molar-refractivity contribution in [2.75, 3.05) is 11.1 Å². The minimum Gasteiger partial charge on any atom is -0.447 e. The largest absolute Gasteiger partial charge is 0.447 e. The monoisotopic (exact) mass is 432 g/mol. The van der Waals surface area contributed by atoms with Crippen LogP contribution in [0.25, 0.3) is 11.3 Å². The first-order valence-corrected chi connectivity index (χ1v) is 10.1. The molecule has 0 spiro atoms. The number of thioether (sulfide) groups is 1. The zero-order chi connectivity index (χ0) is 17.2. The molecule has 8 heteroatoms. The number of fused-ring (bicyclic) bond motifs is 3. The second-order valence-electron chi connectivity index (χ2n) is 5.18. The number of aromatic nitrogens is 3. The number of anilines is 1.